The molecular weight excluding hydrogens is 354 g/mol. The molecule has 2 N–H and O–H groups in total. The van der Waals surface area contributed by atoms with Gasteiger partial charge >= 0.3 is 0 Å². The van der Waals surface area contributed by atoms with E-state index in [0.717, 1.165) is 18.0 Å². The SMILES string of the molecule is CCNC(=NCC(C)Oc1ccc(OC)cc1)NC(C)CCS(C)(=O)=O. The summed E-state index contributed by atoms with van der Waals surface area (Å²) in [6.45, 7) is 7.06. The summed E-state index contributed by atoms with van der Waals surface area (Å²) in [5, 5.41) is 6.39. The first-order valence-corrected chi connectivity index (χ1v) is 10.8. The van der Waals surface area contributed by atoms with E-state index in [1.807, 2.05) is 45.0 Å². The quantitative estimate of drug-likeness (QED) is 0.472. The standard InChI is InChI=1S/C18H31N3O4S/c1-6-19-18(21-14(2)11-12-26(5,22)23)20-13-15(3)25-17-9-7-16(24-4)8-10-17/h7-10,14-15H,6,11-13H2,1-5H3,(H2,19,20,21). The molecule has 0 saturated heterocycles. The molecule has 0 spiro atoms. The van der Waals surface area contributed by atoms with Crippen LogP contribution in [0.25, 0.3) is 0 Å². The van der Waals surface area contributed by atoms with Crippen LogP contribution in [-0.2, 0) is 9.84 Å². The van der Waals surface area contributed by atoms with Gasteiger partial charge in [-0.15, -0.1) is 0 Å². The summed E-state index contributed by atoms with van der Waals surface area (Å²) in [6.07, 6.45) is 1.67. The number of aliphatic imine (C=N–C) groups is 1. The maximum Gasteiger partial charge on any atom is 0.191 e. The van der Waals surface area contributed by atoms with Crippen LogP contribution in [0.2, 0.25) is 0 Å². The third-order valence-corrected chi connectivity index (χ3v) is 4.53. The van der Waals surface area contributed by atoms with Crippen molar-refractivity contribution in [2.45, 2.75) is 39.3 Å². The highest BCUT2D eigenvalue weighted by Gasteiger charge is 2.10. The average molecular weight is 386 g/mol. The lowest BCUT2D eigenvalue weighted by Crippen LogP contribution is -2.43. The van der Waals surface area contributed by atoms with E-state index in [4.69, 9.17) is 9.47 Å². The molecule has 7 nitrogen and oxygen atoms in total. The van der Waals surface area contributed by atoms with Crippen molar-refractivity contribution < 1.29 is 17.9 Å². The van der Waals surface area contributed by atoms with Crippen LogP contribution in [0.3, 0.4) is 0 Å². The van der Waals surface area contributed by atoms with Gasteiger partial charge in [0.1, 0.15) is 27.4 Å². The Morgan fingerprint density at radius 2 is 1.81 bits per heavy atom. The fraction of sp³-hybridized carbons (Fsp3) is 0.611. The predicted molar refractivity (Wildman–Crippen MR) is 106 cm³/mol. The Balaban J connectivity index is 2.55. The van der Waals surface area contributed by atoms with E-state index in [9.17, 15) is 8.42 Å². The van der Waals surface area contributed by atoms with E-state index in [1.165, 1.54) is 6.26 Å². The van der Waals surface area contributed by atoms with Crippen molar-refractivity contribution in [3.63, 3.8) is 0 Å². The molecule has 1 rings (SSSR count). The largest absolute Gasteiger partial charge is 0.497 e. The minimum absolute atomic E-state index is 0.000313. The number of ether oxygens (including phenoxy) is 2. The zero-order valence-electron chi connectivity index (χ0n) is 16.3. The van der Waals surface area contributed by atoms with Gasteiger partial charge in [0.15, 0.2) is 5.96 Å². The van der Waals surface area contributed by atoms with Gasteiger partial charge in [0.05, 0.1) is 19.4 Å². The van der Waals surface area contributed by atoms with Crippen molar-refractivity contribution in [2.24, 2.45) is 4.99 Å². The van der Waals surface area contributed by atoms with Crippen molar-refractivity contribution >= 4 is 15.8 Å². The summed E-state index contributed by atoms with van der Waals surface area (Å²) < 4.78 is 33.5. The summed E-state index contributed by atoms with van der Waals surface area (Å²) in [5.74, 6) is 2.34. The number of nitrogens with one attached hydrogen (secondary N) is 2. The number of sulfone groups is 1. The highest BCUT2D eigenvalue weighted by atomic mass is 32.2. The number of guanidine groups is 1. The lowest BCUT2D eigenvalue weighted by Gasteiger charge is -2.19. The van der Waals surface area contributed by atoms with Crippen molar-refractivity contribution in [3.05, 3.63) is 24.3 Å². The highest BCUT2D eigenvalue weighted by Crippen LogP contribution is 2.18. The van der Waals surface area contributed by atoms with Gasteiger partial charge in [0, 0.05) is 18.8 Å². The fourth-order valence-electron chi connectivity index (χ4n) is 2.16. The third kappa shape index (κ3) is 9.50. The fourth-order valence-corrected chi connectivity index (χ4v) is 2.94. The monoisotopic (exact) mass is 385 g/mol. The first-order valence-electron chi connectivity index (χ1n) is 8.76. The van der Waals surface area contributed by atoms with Gasteiger partial charge in [0.25, 0.3) is 0 Å². The van der Waals surface area contributed by atoms with E-state index < -0.39 is 9.84 Å². The number of rotatable bonds is 10. The molecule has 0 heterocycles. The van der Waals surface area contributed by atoms with Gasteiger partial charge in [-0.25, -0.2) is 13.4 Å². The van der Waals surface area contributed by atoms with E-state index >= 15 is 0 Å². The Hall–Kier alpha value is -1.96. The zero-order chi connectivity index (χ0) is 19.6. The van der Waals surface area contributed by atoms with Crippen molar-refractivity contribution in [3.8, 4) is 11.5 Å². The van der Waals surface area contributed by atoms with Crippen LogP contribution < -0.4 is 20.1 Å². The number of hydrogen-bond acceptors (Lipinski definition) is 5. The average Bonchev–Trinajstić information content (AvgIpc) is 2.58. The van der Waals surface area contributed by atoms with E-state index in [0.29, 0.717) is 18.9 Å². The predicted octanol–water partition coefficient (Wildman–Crippen LogP) is 1.84. The Kier molecular flexibility index (Phi) is 9.26. The van der Waals surface area contributed by atoms with E-state index in [1.54, 1.807) is 7.11 Å². The molecule has 0 amide bonds. The molecular formula is C18H31N3O4S. The van der Waals surface area contributed by atoms with Gasteiger partial charge in [-0.1, -0.05) is 0 Å². The van der Waals surface area contributed by atoms with Gasteiger partial charge in [-0.05, 0) is 51.5 Å². The minimum atomic E-state index is -2.96. The van der Waals surface area contributed by atoms with Crippen LogP contribution in [0.5, 0.6) is 11.5 Å². The molecule has 26 heavy (non-hydrogen) atoms. The molecule has 1 aromatic carbocycles. The maximum atomic E-state index is 11.3. The Morgan fingerprint density at radius 1 is 1.19 bits per heavy atom. The molecule has 0 aromatic heterocycles. The topological polar surface area (TPSA) is 89.0 Å². The molecule has 0 bridgehead atoms. The first-order chi connectivity index (χ1) is 12.2. The molecule has 8 heteroatoms. The Labute approximate surface area is 157 Å². The van der Waals surface area contributed by atoms with Crippen LogP contribution >= 0.6 is 0 Å². The summed E-state index contributed by atoms with van der Waals surface area (Å²) in [5.41, 5.74) is 0. The van der Waals surface area contributed by atoms with Crippen molar-refractivity contribution in [2.75, 3.05) is 32.2 Å². The zero-order valence-corrected chi connectivity index (χ0v) is 17.1. The van der Waals surface area contributed by atoms with Gasteiger partial charge < -0.3 is 20.1 Å². The summed E-state index contributed by atoms with van der Waals surface area (Å²) in [4.78, 5) is 4.52. The molecule has 0 aliphatic rings. The van der Waals surface area contributed by atoms with E-state index in [2.05, 4.69) is 15.6 Å². The van der Waals surface area contributed by atoms with Crippen LogP contribution in [0, 0.1) is 0 Å². The van der Waals surface area contributed by atoms with Gasteiger partial charge in [0.2, 0.25) is 0 Å². The normalized spacial score (nSPS) is 14.4. The molecule has 2 unspecified atom stereocenters. The smallest absolute Gasteiger partial charge is 0.191 e. The van der Waals surface area contributed by atoms with Gasteiger partial charge in [-0.3, -0.25) is 0 Å². The summed E-state index contributed by atoms with van der Waals surface area (Å²) in [6, 6.07) is 7.41. The second kappa shape index (κ2) is 10.9. The van der Waals surface area contributed by atoms with Crippen LogP contribution in [-0.4, -0.2) is 58.7 Å². The van der Waals surface area contributed by atoms with Crippen LogP contribution in [0.4, 0.5) is 0 Å². The summed E-state index contributed by atoms with van der Waals surface area (Å²) >= 11 is 0. The summed E-state index contributed by atoms with van der Waals surface area (Å²) in [7, 11) is -1.34. The number of benzene rings is 1. The molecule has 0 aliphatic heterocycles. The molecule has 0 fully saturated rings. The molecule has 0 aliphatic carbocycles. The third-order valence-electron chi connectivity index (χ3n) is 3.55. The lowest BCUT2D eigenvalue weighted by molar-refractivity contribution is 0.230. The molecule has 148 valence electrons. The number of methoxy groups -OCH3 is 1. The second-order valence-corrected chi connectivity index (χ2v) is 8.55. The minimum Gasteiger partial charge on any atom is -0.497 e. The molecule has 0 radical (unpaired) electrons. The maximum absolute atomic E-state index is 11.3. The highest BCUT2D eigenvalue weighted by molar-refractivity contribution is 7.90. The molecule has 2 atom stereocenters. The molecule has 0 saturated carbocycles. The Morgan fingerprint density at radius 3 is 2.35 bits per heavy atom. The van der Waals surface area contributed by atoms with Crippen LogP contribution in [0.15, 0.2) is 29.3 Å². The Bertz CT molecular complexity index is 660. The van der Waals surface area contributed by atoms with Crippen molar-refractivity contribution in [1.29, 1.82) is 0 Å². The second-order valence-electron chi connectivity index (χ2n) is 6.29. The van der Waals surface area contributed by atoms with Crippen molar-refractivity contribution in [1.82, 2.24) is 10.6 Å². The van der Waals surface area contributed by atoms with E-state index in [-0.39, 0.29) is 17.9 Å². The van der Waals surface area contributed by atoms with Gasteiger partial charge in [-0.2, -0.15) is 0 Å². The number of nitrogens with zero attached hydrogens (tertiary/aromatic N) is 1. The first kappa shape index (κ1) is 22.1. The lowest BCUT2D eigenvalue weighted by atomic mass is 10.3. The number of hydrogen-bond donors (Lipinski definition) is 2. The molecule has 1 aromatic rings. The van der Waals surface area contributed by atoms with Crippen LogP contribution in [0.1, 0.15) is 27.2 Å².